The molecule has 4 nitrogen and oxygen atoms in total. The highest BCUT2D eigenvalue weighted by molar-refractivity contribution is 5.81. The maximum absolute atomic E-state index is 11.9. The molecule has 0 aromatic heterocycles. The molecule has 0 bridgehead atoms. The Morgan fingerprint density at radius 2 is 2.25 bits per heavy atom. The first-order chi connectivity index (χ1) is 7.54. The van der Waals surface area contributed by atoms with E-state index < -0.39 is 0 Å². The van der Waals surface area contributed by atoms with Crippen LogP contribution in [0.5, 0.6) is 0 Å². The van der Waals surface area contributed by atoms with Gasteiger partial charge in [0.25, 0.3) is 0 Å². The molecular formula is C12H23NO3. The van der Waals surface area contributed by atoms with E-state index in [4.69, 9.17) is 4.74 Å². The largest absolute Gasteiger partial charge is 0.394 e. The van der Waals surface area contributed by atoms with Crippen molar-refractivity contribution < 1.29 is 14.6 Å². The zero-order valence-corrected chi connectivity index (χ0v) is 10.4. The van der Waals surface area contributed by atoms with Gasteiger partial charge in [0.15, 0.2) is 0 Å². The predicted molar refractivity (Wildman–Crippen MR) is 62.0 cm³/mol. The van der Waals surface area contributed by atoms with Crippen molar-refractivity contribution in [3.63, 3.8) is 0 Å². The summed E-state index contributed by atoms with van der Waals surface area (Å²) in [6.45, 7) is 6.82. The number of hydrogen-bond donors (Lipinski definition) is 2. The van der Waals surface area contributed by atoms with Gasteiger partial charge in [-0.3, -0.25) is 4.79 Å². The molecule has 1 fully saturated rings. The lowest BCUT2D eigenvalue weighted by Gasteiger charge is -2.21. The van der Waals surface area contributed by atoms with Gasteiger partial charge in [-0.25, -0.2) is 0 Å². The van der Waals surface area contributed by atoms with Crippen LogP contribution in [-0.4, -0.2) is 36.4 Å². The standard InChI is InChI=1S/C12H23NO3/c1-8(2)6-10(7-14)13-12(15)11-9(3)4-5-16-11/h8-11,14H,4-7H2,1-3H3,(H,13,15). The lowest BCUT2D eigenvalue weighted by atomic mass is 10.0. The molecule has 94 valence electrons. The van der Waals surface area contributed by atoms with Gasteiger partial charge >= 0.3 is 0 Å². The minimum Gasteiger partial charge on any atom is -0.394 e. The quantitative estimate of drug-likeness (QED) is 0.737. The Hall–Kier alpha value is -0.610. The zero-order valence-electron chi connectivity index (χ0n) is 10.4. The zero-order chi connectivity index (χ0) is 12.1. The minimum absolute atomic E-state index is 0.00891. The van der Waals surface area contributed by atoms with Crippen molar-refractivity contribution in [2.24, 2.45) is 11.8 Å². The Morgan fingerprint density at radius 3 is 2.69 bits per heavy atom. The number of nitrogens with one attached hydrogen (secondary N) is 1. The van der Waals surface area contributed by atoms with E-state index in [1.807, 2.05) is 6.92 Å². The van der Waals surface area contributed by atoms with Crippen LogP contribution in [0.25, 0.3) is 0 Å². The highest BCUT2D eigenvalue weighted by atomic mass is 16.5. The first-order valence-electron chi connectivity index (χ1n) is 6.07. The second-order valence-corrected chi connectivity index (χ2v) is 5.07. The van der Waals surface area contributed by atoms with Gasteiger partial charge < -0.3 is 15.2 Å². The van der Waals surface area contributed by atoms with Crippen LogP contribution in [-0.2, 0) is 9.53 Å². The number of carbonyl (C=O) groups is 1. The average Bonchev–Trinajstić information content (AvgIpc) is 2.62. The third-order valence-corrected chi connectivity index (χ3v) is 2.97. The van der Waals surface area contributed by atoms with Gasteiger partial charge in [0.1, 0.15) is 6.10 Å². The molecule has 0 spiro atoms. The van der Waals surface area contributed by atoms with Crippen LogP contribution in [0, 0.1) is 11.8 Å². The summed E-state index contributed by atoms with van der Waals surface area (Å²) in [7, 11) is 0. The van der Waals surface area contributed by atoms with E-state index in [9.17, 15) is 9.90 Å². The van der Waals surface area contributed by atoms with E-state index in [-0.39, 0.29) is 30.6 Å². The van der Waals surface area contributed by atoms with Crippen molar-refractivity contribution in [3.8, 4) is 0 Å². The van der Waals surface area contributed by atoms with Gasteiger partial charge in [0, 0.05) is 6.61 Å². The summed E-state index contributed by atoms with van der Waals surface area (Å²) in [6, 6.07) is -0.149. The Kier molecular flexibility index (Phi) is 5.22. The highest BCUT2D eigenvalue weighted by Gasteiger charge is 2.31. The number of rotatable bonds is 5. The van der Waals surface area contributed by atoms with Crippen molar-refractivity contribution in [2.45, 2.75) is 45.8 Å². The summed E-state index contributed by atoms with van der Waals surface area (Å²) in [5, 5.41) is 12.0. The first kappa shape index (κ1) is 13.5. The van der Waals surface area contributed by atoms with Crippen molar-refractivity contribution in [1.29, 1.82) is 0 Å². The van der Waals surface area contributed by atoms with Crippen LogP contribution in [0.1, 0.15) is 33.6 Å². The molecule has 16 heavy (non-hydrogen) atoms. The Bertz CT molecular complexity index is 230. The molecule has 0 saturated carbocycles. The number of ether oxygens (including phenoxy) is 1. The second-order valence-electron chi connectivity index (χ2n) is 5.07. The van der Waals surface area contributed by atoms with Gasteiger partial charge in [-0.05, 0) is 24.7 Å². The van der Waals surface area contributed by atoms with Crippen molar-refractivity contribution >= 4 is 5.91 Å². The maximum atomic E-state index is 11.9. The summed E-state index contributed by atoms with van der Waals surface area (Å²) in [6.07, 6.45) is 1.40. The molecule has 3 atom stereocenters. The fourth-order valence-corrected chi connectivity index (χ4v) is 2.06. The van der Waals surface area contributed by atoms with Gasteiger partial charge in [-0.1, -0.05) is 20.8 Å². The molecule has 2 N–H and O–H groups in total. The molecule has 1 aliphatic rings. The average molecular weight is 229 g/mol. The lowest BCUT2D eigenvalue weighted by Crippen LogP contribution is -2.45. The fraction of sp³-hybridized carbons (Fsp3) is 0.917. The number of amides is 1. The molecule has 3 unspecified atom stereocenters. The number of aliphatic hydroxyl groups excluding tert-OH is 1. The van der Waals surface area contributed by atoms with Crippen LogP contribution in [0.15, 0.2) is 0 Å². The Morgan fingerprint density at radius 1 is 1.56 bits per heavy atom. The fourth-order valence-electron chi connectivity index (χ4n) is 2.06. The van der Waals surface area contributed by atoms with Gasteiger partial charge in [0.2, 0.25) is 5.91 Å². The van der Waals surface area contributed by atoms with E-state index >= 15 is 0 Å². The van der Waals surface area contributed by atoms with E-state index in [0.29, 0.717) is 12.5 Å². The molecule has 1 heterocycles. The molecule has 1 amide bonds. The van der Waals surface area contributed by atoms with Gasteiger partial charge in [0.05, 0.1) is 12.6 Å². The number of hydrogen-bond acceptors (Lipinski definition) is 3. The second kappa shape index (κ2) is 6.21. The summed E-state index contributed by atoms with van der Waals surface area (Å²) >= 11 is 0. The first-order valence-corrected chi connectivity index (χ1v) is 6.07. The smallest absolute Gasteiger partial charge is 0.249 e. The monoisotopic (exact) mass is 229 g/mol. The molecule has 1 saturated heterocycles. The molecule has 1 rings (SSSR count). The van der Waals surface area contributed by atoms with E-state index in [0.717, 1.165) is 12.8 Å². The third-order valence-electron chi connectivity index (χ3n) is 2.97. The van der Waals surface area contributed by atoms with E-state index in [1.54, 1.807) is 0 Å². The van der Waals surface area contributed by atoms with Crippen LogP contribution < -0.4 is 5.32 Å². The molecule has 0 aromatic carbocycles. The normalized spacial score (nSPS) is 27.1. The van der Waals surface area contributed by atoms with E-state index in [2.05, 4.69) is 19.2 Å². The summed E-state index contributed by atoms with van der Waals surface area (Å²) < 4.78 is 5.38. The highest BCUT2D eigenvalue weighted by Crippen LogP contribution is 2.20. The molecule has 4 heteroatoms. The van der Waals surface area contributed by atoms with Crippen LogP contribution in [0.4, 0.5) is 0 Å². The SMILES string of the molecule is CC(C)CC(CO)NC(=O)C1OCCC1C. The molecule has 1 aliphatic heterocycles. The topological polar surface area (TPSA) is 58.6 Å². The van der Waals surface area contributed by atoms with Crippen LogP contribution >= 0.6 is 0 Å². The van der Waals surface area contributed by atoms with Crippen molar-refractivity contribution in [2.75, 3.05) is 13.2 Å². The Labute approximate surface area is 97.4 Å². The lowest BCUT2D eigenvalue weighted by molar-refractivity contribution is -0.132. The van der Waals surface area contributed by atoms with Crippen LogP contribution in [0.3, 0.4) is 0 Å². The van der Waals surface area contributed by atoms with E-state index in [1.165, 1.54) is 0 Å². The summed E-state index contributed by atoms with van der Waals surface area (Å²) in [5.41, 5.74) is 0. The Balaban J connectivity index is 2.42. The van der Waals surface area contributed by atoms with Gasteiger partial charge in [-0.15, -0.1) is 0 Å². The molecule has 0 aromatic rings. The van der Waals surface area contributed by atoms with Crippen LogP contribution in [0.2, 0.25) is 0 Å². The number of aliphatic hydroxyl groups is 1. The predicted octanol–water partition coefficient (Wildman–Crippen LogP) is 0.935. The third kappa shape index (κ3) is 3.76. The van der Waals surface area contributed by atoms with Crippen molar-refractivity contribution in [3.05, 3.63) is 0 Å². The summed E-state index contributed by atoms with van der Waals surface area (Å²) in [4.78, 5) is 11.9. The maximum Gasteiger partial charge on any atom is 0.249 e. The molecule has 0 aliphatic carbocycles. The molecule has 0 radical (unpaired) electrons. The van der Waals surface area contributed by atoms with Crippen molar-refractivity contribution in [1.82, 2.24) is 5.32 Å². The minimum atomic E-state index is -0.332. The number of carbonyl (C=O) groups excluding carboxylic acids is 1. The van der Waals surface area contributed by atoms with Gasteiger partial charge in [-0.2, -0.15) is 0 Å². The molecular weight excluding hydrogens is 206 g/mol. The summed E-state index contributed by atoms with van der Waals surface area (Å²) in [5.74, 6) is 0.655.